The van der Waals surface area contributed by atoms with Crippen molar-refractivity contribution < 1.29 is 11.7 Å². The standard InChI is InChI=1S/C2H10N4/c3-5-1-2-6-4/h5-6H,1-4H2/p+2. The smallest absolute Gasteiger partial charge is 0.0619 e. The first-order valence-corrected chi connectivity index (χ1v) is 1.91. The second kappa shape index (κ2) is 4.84. The third kappa shape index (κ3) is 3.84. The van der Waals surface area contributed by atoms with E-state index in [4.69, 9.17) is 0 Å². The van der Waals surface area contributed by atoms with Crippen molar-refractivity contribution in [1.82, 2.24) is 10.9 Å². The lowest BCUT2D eigenvalue weighted by molar-refractivity contribution is -0.459. The fourth-order valence-electron chi connectivity index (χ4n) is 0.177. The molecule has 0 heterocycles. The van der Waals surface area contributed by atoms with Crippen LogP contribution in [0.2, 0.25) is 0 Å². The lowest BCUT2D eigenvalue weighted by Crippen LogP contribution is -2.70. The number of hydrogen-bond donors (Lipinski definition) is 4. The van der Waals surface area contributed by atoms with E-state index in [0.717, 1.165) is 13.1 Å². The minimum atomic E-state index is 0.878. The monoisotopic (exact) mass is 92.1 g/mol. The molecule has 0 saturated heterocycles. The number of hydrogen-bond acceptors (Lipinski definition) is 2. The molecule has 4 heteroatoms. The molecule has 0 saturated carbocycles. The lowest BCUT2D eigenvalue weighted by Gasteiger charge is -1.87. The normalized spacial score (nSPS) is 9.00. The molecule has 0 unspecified atom stereocenters. The molecule has 0 atom stereocenters. The average Bonchev–Trinajstić information content (AvgIpc) is 1.61. The van der Waals surface area contributed by atoms with Crippen LogP contribution in [0, 0.1) is 0 Å². The summed E-state index contributed by atoms with van der Waals surface area (Å²) in [5.41, 5.74) is 5.43. The predicted molar refractivity (Wildman–Crippen MR) is 21.8 cm³/mol. The van der Waals surface area contributed by atoms with Crippen molar-refractivity contribution in [2.45, 2.75) is 0 Å². The highest BCUT2D eigenvalue weighted by Gasteiger charge is 1.76. The van der Waals surface area contributed by atoms with Gasteiger partial charge in [-0.25, -0.2) is 0 Å². The molecule has 0 amide bonds. The van der Waals surface area contributed by atoms with E-state index in [1.807, 2.05) is 0 Å². The van der Waals surface area contributed by atoms with Gasteiger partial charge in [0.2, 0.25) is 0 Å². The second-order valence-electron chi connectivity index (χ2n) is 1.000. The molecule has 0 aromatic heterocycles. The molecule has 8 N–H and O–H groups in total. The molecular formula is C2H12N4+2. The van der Waals surface area contributed by atoms with Crippen LogP contribution in [-0.4, -0.2) is 13.1 Å². The van der Waals surface area contributed by atoms with Crippen LogP contribution in [0.25, 0.3) is 0 Å². The zero-order chi connectivity index (χ0) is 4.83. The van der Waals surface area contributed by atoms with Crippen molar-refractivity contribution in [1.29, 1.82) is 0 Å². The fourth-order valence-corrected chi connectivity index (χ4v) is 0.177. The summed E-state index contributed by atoms with van der Waals surface area (Å²) in [4.78, 5) is 0. The summed E-state index contributed by atoms with van der Waals surface area (Å²) in [6, 6.07) is 0. The highest BCUT2D eigenvalue weighted by atomic mass is 15.3. The Kier molecular flexibility index (Phi) is 4.71. The molecule has 38 valence electrons. The summed E-state index contributed by atoms with van der Waals surface area (Å²) in [5.74, 6) is 6.81. The summed E-state index contributed by atoms with van der Waals surface area (Å²) in [6.07, 6.45) is 0. The van der Waals surface area contributed by atoms with Gasteiger partial charge in [0.25, 0.3) is 0 Å². The topological polar surface area (TPSA) is 79.3 Å². The zero-order valence-corrected chi connectivity index (χ0v) is 3.83. The average molecular weight is 92.1 g/mol. The quantitative estimate of drug-likeness (QED) is 0.215. The van der Waals surface area contributed by atoms with E-state index in [2.05, 4.69) is 22.5 Å². The molecule has 0 aromatic rings. The van der Waals surface area contributed by atoms with Gasteiger partial charge in [-0.2, -0.15) is 10.9 Å². The van der Waals surface area contributed by atoms with Crippen LogP contribution in [0.4, 0.5) is 0 Å². The van der Waals surface area contributed by atoms with Crippen molar-refractivity contribution in [2.24, 2.45) is 0 Å². The summed E-state index contributed by atoms with van der Waals surface area (Å²) in [6.45, 7) is 1.76. The first kappa shape index (κ1) is 5.84. The first-order chi connectivity index (χ1) is 2.91. The SMILES string of the molecule is [NH3+]NCCN[NH3+]. The predicted octanol–water partition coefficient (Wildman–Crippen LogP) is -3.52. The van der Waals surface area contributed by atoms with Crippen molar-refractivity contribution in [3.05, 3.63) is 0 Å². The van der Waals surface area contributed by atoms with Crippen LogP contribution < -0.4 is 22.5 Å². The van der Waals surface area contributed by atoms with Gasteiger partial charge in [-0.05, 0) is 0 Å². The third-order valence-corrected chi connectivity index (χ3v) is 0.479. The Morgan fingerprint density at radius 2 is 1.33 bits per heavy atom. The molecule has 4 nitrogen and oxygen atoms in total. The Balaban J connectivity index is 2.34. The van der Waals surface area contributed by atoms with Crippen molar-refractivity contribution in [3.63, 3.8) is 0 Å². The summed E-state index contributed by atoms with van der Waals surface area (Å²) in [5, 5.41) is 0. The molecule has 0 spiro atoms. The van der Waals surface area contributed by atoms with E-state index < -0.39 is 0 Å². The van der Waals surface area contributed by atoms with Gasteiger partial charge >= 0.3 is 0 Å². The van der Waals surface area contributed by atoms with E-state index in [1.54, 1.807) is 0 Å². The molecule has 0 fully saturated rings. The summed E-state index contributed by atoms with van der Waals surface area (Å²) in [7, 11) is 0. The van der Waals surface area contributed by atoms with Gasteiger partial charge in [-0.1, -0.05) is 0 Å². The molecule has 0 rings (SSSR count). The van der Waals surface area contributed by atoms with E-state index in [1.165, 1.54) is 0 Å². The van der Waals surface area contributed by atoms with Gasteiger partial charge in [0.1, 0.15) is 0 Å². The molecule has 0 aliphatic carbocycles. The van der Waals surface area contributed by atoms with Gasteiger partial charge in [-0.3, -0.25) is 11.7 Å². The van der Waals surface area contributed by atoms with Gasteiger partial charge in [0, 0.05) is 0 Å². The van der Waals surface area contributed by atoms with Crippen LogP contribution in [0.3, 0.4) is 0 Å². The van der Waals surface area contributed by atoms with Gasteiger partial charge < -0.3 is 0 Å². The Labute approximate surface area is 36.8 Å². The lowest BCUT2D eigenvalue weighted by atomic mass is 10.7. The van der Waals surface area contributed by atoms with Gasteiger partial charge in [-0.15, -0.1) is 0 Å². The Morgan fingerprint density at radius 1 is 1.00 bits per heavy atom. The Bertz CT molecular complexity index is 17.5. The zero-order valence-electron chi connectivity index (χ0n) is 3.83. The van der Waals surface area contributed by atoms with Gasteiger partial charge in [0.15, 0.2) is 0 Å². The van der Waals surface area contributed by atoms with E-state index in [9.17, 15) is 0 Å². The molecule has 0 aliphatic rings. The van der Waals surface area contributed by atoms with Crippen molar-refractivity contribution >= 4 is 0 Å². The third-order valence-electron chi connectivity index (χ3n) is 0.479. The van der Waals surface area contributed by atoms with Crippen LogP contribution in [-0.2, 0) is 0 Å². The van der Waals surface area contributed by atoms with E-state index in [-0.39, 0.29) is 0 Å². The Hall–Kier alpha value is -0.160. The fraction of sp³-hybridized carbons (Fsp3) is 1.00. The van der Waals surface area contributed by atoms with Gasteiger partial charge in [0.05, 0.1) is 13.1 Å². The first-order valence-electron chi connectivity index (χ1n) is 1.91. The van der Waals surface area contributed by atoms with Crippen LogP contribution >= 0.6 is 0 Å². The van der Waals surface area contributed by atoms with E-state index >= 15 is 0 Å². The minimum Gasteiger partial charge on any atom is -0.280 e. The highest BCUT2D eigenvalue weighted by molar-refractivity contribution is 4.29. The summed E-state index contributed by atoms with van der Waals surface area (Å²) >= 11 is 0. The second-order valence-corrected chi connectivity index (χ2v) is 1.000. The maximum Gasteiger partial charge on any atom is 0.0619 e. The number of quaternary nitrogens is 2. The maximum atomic E-state index is 3.41. The van der Waals surface area contributed by atoms with Crippen molar-refractivity contribution in [2.75, 3.05) is 13.1 Å². The largest absolute Gasteiger partial charge is 0.280 e. The molecule has 0 aromatic carbocycles. The maximum absolute atomic E-state index is 3.41. The number of nitrogens with one attached hydrogen (secondary N) is 2. The van der Waals surface area contributed by atoms with Crippen LogP contribution in [0.5, 0.6) is 0 Å². The molecule has 0 radical (unpaired) electrons. The van der Waals surface area contributed by atoms with Crippen LogP contribution in [0.1, 0.15) is 0 Å². The highest BCUT2D eigenvalue weighted by Crippen LogP contribution is 1.36. The molecule has 0 bridgehead atoms. The molecule has 6 heavy (non-hydrogen) atoms. The Morgan fingerprint density at radius 3 is 1.50 bits per heavy atom. The summed E-state index contributed by atoms with van der Waals surface area (Å²) < 4.78 is 0. The van der Waals surface area contributed by atoms with Crippen LogP contribution in [0.15, 0.2) is 0 Å². The number of rotatable bonds is 3. The molecular weight excluding hydrogens is 80.1 g/mol. The molecule has 0 aliphatic heterocycles. The minimum absolute atomic E-state index is 0.878. The van der Waals surface area contributed by atoms with Crippen molar-refractivity contribution in [3.8, 4) is 0 Å². The van der Waals surface area contributed by atoms with E-state index in [0.29, 0.717) is 0 Å².